The number of carbonyl (C=O) groups excluding carboxylic acids is 1. The summed E-state index contributed by atoms with van der Waals surface area (Å²) in [6, 6.07) is 15.0. The first-order valence-electron chi connectivity index (χ1n) is 9.28. The minimum absolute atomic E-state index is 0.245. The highest BCUT2D eigenvalue weighted by Gasteiger charge is 2.19. The number of rotatable bonds is 7. The number of esters is 1. The van der Waals surface area contributed by atoms with Gasteiger partial charge in [-0.15, -0.1) is 0 Å². The van der Waals surface area contributed by atoms with Crippen molar-refractivity contribution < 1.29 is 19.0 Å². The van der Waals surface area contributed by atoms with Gasteiger partial charge in [0.2, 0.25) is 5.88 Å². The summed E-state index contributed by atoms with van der Waals surface area (Å²) in [5.74, 6) is 0.163. The van der Waals surface area contributed by atoms with Gasteiger partial charge < -0.3 is 14.2 Å². The van der Waals surface area contributed by atoms with Gasteiger partial charge in [0.1, 0.15) is 12.2 Å². The van der Waals surface area contributed by atoms with Gasteiger partial charge in [0.15, 0.2) is 0 Å². The SMILES string of the molecule is CO/C=C(/C(=O)OC)c1ccccc1COc1c(C)c(-c2ccc(Cl)cc2)nn1C. The maximum Gasteiger partial charge on any atom is 0.341 e. The molecule has 0 atom stereocenters. The Labute approximate surface area is 180 Å². The first-order chi connectivity index (χ1) is 14.5. The van der Waals surface area contributed by atoms with Crippen LogP contribution < -0.4 is 4.74 Å². The van der Waals surface area contributed by atoms with Crippen LogP contribution in [0.3, 0.4) is 0 Å². The van der Waals surface area contributed by atoms with E-state index < -0.39 is 5.97 Å². The Morgan fingerprint density at radius 1 is 1.13 bits per heavy atom. The molecule has 30 heavy (non-hydrogen) atoms. The van der Waals surface area contributed by atoms with E-state index in [1.165, 1.54) is 20.5 Å². The van der Waals surface area contributed by atoms with Crippen LogP contribution in [0.4, 0.5) is 0 Å². The molecule has 0 radical (unpaired) electrons. The number of hydrogen-bond acceptors (Lipinski definition) is 5. The molecule has 0 aliphatic rings. The summed E-state index contributed by atoms with van der Waals surface area (Å²) in [5, 5.41) is 5.27. The first-order valence-corrected chi connectivity index (χ1v) is 9.66. The molecule has 156 valence electrons. The lowest BCUT2D eigenvalue weighted by molar-refractivity contribution is -0.133. The van der Waals surface area contributed by atoms with Crippen LogP contribution in [-0.2, 0) is 27.9 Å². The number of halogens is 1. The highest BCUT2D eigenvalue weighted by Crippen LogP contribution is 2.31. The van der Waals surface area contributed by atoms with Gasteiger partial charge in [0.25, 0.3) is 0 Å². The molecule has 0 fully saturated rings. The Morgan fingerprint density at radius 3 is 2.50 bits per heavy atom. The smallest absolute Gasteiger partial charge is 0.341 e. The highest BCUT2D eigenvalue weighted by atomic mass is 35.5. The van der Waals surface area contributed by atoms with Gasteiger partial charge in [-0.3, -0.25) is 0 Å². The second-order valence-electron chi connectivity index (χ2n) is 6.61. The van der Waals surface area contributed by atoms with Gasteiger partial charge in [0, 0.05) is 23.2 Å². The highest BCUT2D eigenvalue weighted by molar-refractivity contribution is 6.30. The van der Waals surface area contributed by atoms with Gasteiger partial charge in [-0.25, -0.2) is 9.48 Å². The lowest BCUT2D eigenvalue weighted by atomic mass is 10.0. The largest absolute Gasteiger partial charge is 0.503 e. The summed E-state index contributed by atoms with van der Waals surface area (Å²) in [6.45, 7) is 2.21. The molecule has 2 aromatic carbocycles. The molecule has 1 aromatic heterocycles. The van der Waals surface area contributed by atoms with Crippen LogP contribution in [-0.4, -0.2) is 30.0 Å². The maximum absolute atomic E-state index is 12.2. The summed E-state index contributed by atoms with van der Waals surface area (Å²) in [6.07, 6.45) is 1.37. The first kappa shape index (κ1) is 21.5. The topological polar surface area (TPSA) is 62.6 Å². The van der Waals surface area contributed by atoms with E-state index in [0.717, 1.165) is 22.4 Å². The molecular weight excluding hydrogens is 404 g/mol. The monoisotopic (exact) mass is 426 g/mol. The maximum atomic E-state index is 12.2. The molecule has 0 saturated heterocycles. The number of ether oxygens (including phenoxy) is 3. The fourth-order valence-corrected chi connectivity index (χ4v) is 3.33. The Bertz CT molecular complexity index is 1070. The molecule has 0 aliphatic carbocycles. The van der Waals surface area contributed by atoms with Gasteiger partial charge in [-0.05, 0) is 30.2 Å². The molecule has 1 heterocycles. The van der Waals surface area contributed by atoms with Crippen LogP contribution in [0.25, 0.3) is 16.8 Å². The summed E-state index contributed by atoms with van der Waals surface area (Å²) in [4.78, 5) is 12.2. The lowest BCUT2D eigenvalue weighted by Crippen LogP contribution is -2.09. The minimum Gasteiger partial charge on any atom is -0.503 e. The second-order valence-corrected chi connectivity index (χ2v) is 7.05. The summed E-state index contributed by atoms with van der Waals surface area (Å²) in [7, 11) is 4.65. The number of methoxy groups -OCH3 is 2. The summed E-state index contributed by atoms with van der Waals surface area (Å²) in [5.41, 5.74) is 4.52. The average molecular weight is 427 g/mol. The van der Waals surface area contributed by atoms with Crippen molar-refractivity contribution >= 4 is 23.1 Å². The van der Waals surface area contributed by atoms with Gasteiger partial charge in [-0.2, -0.15) is 5.10 Å². The third-order valence-electron chi connectivity index (χ3n) is 4.65. The van der Waals surface area contributed by atoms with E-state index in [2.05, 4.69) is 5.10 Å². The van der Waals surface area contributed by atoms with Crippen LogP contribution in [0.1, 0.15) is 16.7 Å². The van der Waals surface area contributed by atoms with Gasteiger partial charge >= 0.3 is 5.97 Å². The molecule has 0 amide bonds. The lowest BCUT2D eigenvalue weighted by Gasteiger charge is -2.13. The predicted molar refractivity (Wildman–Crippen MR) is 116 cm³/mol. The van der Waals surface area contributed by atoms with E-state index >= 15 is 0 Å². The second kappa shape index (κ2) is 9.50. The number of aromatic nitrogens is 2. The van der Waals surface area contributed by atoms with Crippen LogP contribution >= 0.6 is 11.6 Å². The fraction of sp³-hybridized carbons (Fsp3) is 0.217. The van der Waals surface area contributed by atoms with Crippen LogP contribution in [0.15, 0.2) is 54.8 Å². The van der Waals surface area contributed by atoms with Crippen LogP contribution in [0.5, 0.6) is 5.88 Å². The zero-order valence-corrected chi connectivity index (χ0v) is 18.1. The van der Waals surface area contributed by atoms with Crippen molar-refractivity contribution in [3.05, 3.63) is 76.5 Å². The van der Waals surface area contributed by atoms with Crippen molar-refractivity contribution in [2.24, 2.45) is 7.05 Å². The normalized spacial score (nSPS) is 11.3. The molecule has 3 rings (SSSR count). The number of nitrogens with zero attached hydrogens (tertiary/aromatic N) is 2. The Morgan fingerprint density at radius 2 is 1.83 bits per heavy atom. The van der Waals surface area contributed by atoms with E-state index in [9.17, 15) is 4.79 Å². The molecule has 0 saturated carbocycles. The Kier molecular flexibility index (Phi) is 6.79. The molecule has 0 N–H and O–H groups in total. The summed E-state index contributed by atoms with van der Waals surface area (Å²) < 4.78 is 17.8. The zero-order chi connectivity index (χ0) is 21.7. The van der Waals surface area contributed by atoms with E-state index in [1.54, 1.807) is 4.68 Å². The van der Waals surface area contributed by atoms with E-state index in [0.29, 0.717) is 22.0 Å². The predicted octanol–water partition coefficient (Wildman–Crippen LogP) is 4.79. The third kappa shape index (κ3) is 4.49. The molecule has 0 bridgehead atoms. The van der Waals surface area contributed by atoms with E-state index in [4.69, 9.17) is 25.8 Å². The van der Waals surface area contributed by atoms with E-state index in [-0.39, 0.29) is 6.61 Å². The van der Waals surface area contributed by atoms with Crippen LogP contribution in [0, 0.1) is 6.92 Å². The molecule has 0 unspecified atom stereocenters. The van der Waals surface area contributed by atoms with Crippen molar-refractivity contribution in [2.75, 3.05) is 14.2 Å². The Balaban J connectivity index is 1.89. The molecular formula is C23H23ClN2O4. The average Bonchev–Trinajstić information content (AvgIpc) is 3.04. The third-order valence-corrected chi connectivity index (χ3v) is 4.90. The fourth-order valence-electron chi connectivity index (χ4n) is 3.20. The summed E-state index contributed by atoms with van der Waals surface area (Å²) >= 11 is 5.99. The minimum atomic E-state index is -0.481. The number of aryl methyl sites for hydroxylation is 1. The van der Waals surface area contributed by atoms with Crippen molar-refractivity contribution in [2.45, 2.75) is 13.5 Å². The van der Waals surface area contributed by atoms with Crippen LogP contribution in [0.2, 0.25) is 5.02 Å². The molecule has 7 heteroatoms. The van der Waals surface area contributed by atoms with Crippen molar-refractivity contribution in [1.29, 1.82) is 0 Å². The van der Waals surface area contributed by atoms with Crippen molar-refractivity contribution in [3.63, 3.8) is 0 Å². The van der Waals surface area contributed by atoms with Gasteiger partial charge in [-0.1, -0.05) is 48.0 Å². The number of carbonyl (C=O) groups is 1. The zero-order valence-electron chi connectivity index (χ0n) is 17.3. The number of benzene rings is 2. The standard InChI is InChI=1S/C23H23ClN2O4/c1-15-21(16-9-11-18(24)12-10-16)25-26(2)22(15)30-13-17-7-5-6-8-19(17)20(14-28-3)23(27)29-4/h5-12,14H,13H2,1-4H3/b20-14+. The van der Waals surface area contributed by atoms with Crippen molar-refractivity contribution in [1.82, 2.24) is 9.78 Å². The molecule has 0 spiro atoms. The molecule has 6 nitrogen and oxygen atoms in total. The van der Waals surface area contributed by atoms with Gasteiger partial charge in [0.05, 0.1) is 26.2 Å². The molecule has 3 aromatic rings. The molecule has 0 aliphatic heterocycles. The van der Waals surface area contributed by atoms with Crippen molar-refractivity contribution in [3.8, 4) is 17.1 Å². The van der Waals surface area contributed by atoms with E-state index in [1.807, 2.05) is 62.5 Å². The number of hydrogen-bond donors (Lipinski definition) is 0. The quantitative estimate of drug-likeness (QED) is 0.309. The Hall–Kier alpha value is -3.25.